The van der Waals surface area contributed by atoms with E-state index in [4.69, 9.17) is 72.7 Å². The fourth-order valence-electron chi connectivity index (χ4n) is 11.0. The summed E-state index contributed by atoms with van der Waals surface area (Å²) in [6, 6.07) is 30.9. The summed E-state index contributed by atoms with van der Waals surface area (Å²) in [6.07, 6.45) is -5.85. The number of hydrogen-bond donors (Lipinski definition) is 3. The number of aldehydes is 2. The molecule has 3 N–H and O–H groups in total. The first-order valence-corrected chi connectivity index (χ1v) is 36.4. The second-order valence-corrected chi connectivity index (χ2v) is 26.9. The van der Waals surface area contributed by atoms with Gasteiger partial charge in [-0.15, -0.1) is 11.6 Å². The van der Waals surface area contributed by atoms with Crippen LogP contribution in [-0.2, 0) is 53.8 Å². The molecule has 7 aromatic carbocycles. The van der Waals surface area contributed by atoms with E-state index in [1.165, 1.54) is 52.1 Å². The summed E-state index contributed by atoms with van der Waals surface area (Å²) in [5, 5.41) is 23.8. The Morgan fingerprint density at radius 3 is 1.12 bits per heavy atom. The van der Waals surface area contributed by atoms with Gasteiger partial charge in [-0.1, -0.05) is 71.7 Å². The van der Waals surface area contributed by atoms with Crippen LogP contribution in [0.4, 0.5) is 26.3 Å². The summed E-state index contributed by atoms with van der Waals surface area (Å²) in [5.41, 5.74) is 11.7. The van der Waals surface area contributed by atoms with Crippen molar-refractivity contribution < 1.29 is 88.8 Å². The molecule has 0 saturated carbocycles. The molecular formula is C83H109Cl3F6N2O13. The van der Waals surface area contributed by atoms with Crippen LogP contribution in [0.2, 0.25) is 10.0 Å². The minimum Gasteiger partial charge on any atom is -0.491 e. The molecule has 7 aromatic rings. The summed E-state index contributed by atoms with van der Waals surface area (Å²) in [6.45, 7) is 30.5. The molecule has 0 unspecified atom stereocenters. The summed E-state index contributed by atoms with van der Waals surface area (Å²) in [5.74, 6) is 4.01. The number of hydrogen-bond acceptors (Lipinski definition) is 15. The Labute approximate surface area is 644 Å². The summed E-state index contributed by atoms with van der Waals surface area (Å²) >= 11 is 16.5. The van der Waals surface area contributed by atoms with Crippen LogP contribution in [0, 0.1) is 76.2 Å². The van der Waals surface area contributed by atoms with Gasteiger partial charge in [0.1, 0.15) is 62.0 Å². The molecule has 0 bridgehead atoms. The monoisotopic (exact) mass is 1560 g/mol. The van der Waals surface area contributed by atoms with Crippen LogP contribution in [0.25, 0.3) is 0 Å². The summed E-state index contributed by atoms with van der Waals surface area (Å²) < 4.78 is 125. The zero-order valence-electron chi connectivity index (χ0n) is 64.7. The number of piperidine rings is 2. The van der Waals surface area contributed by atoms with Gasteiger partial charge in [0.15, 0.2) is 0 Å². The molecule has 592 valence electrons. The molecule has 0 radical (unpaired) electrons. The molecule has 9 rings (SSSR count). The SMILES string of the molecule is COCCCl.COCCOc1ccc(C=O)c(C)c1C.COCCOc1ccc(C=O)c(C)c1C.COCCOc1ccc(CN2CCC(O)(c3ccc(Cl)c(C(F)(F)F)c3)CC2)c(C)c1C.COCCOc1cccc(C)c1C.Cc1cccc(C)c1C.OC1(c2ccc(Cl)c(C(F)(F)F)c2)CCNCC1. The lowest BCUT2D eigenvalue weighted by molar-refractivity contribution is -0.138. The Kier molecular flexibility index (Phi) is 42.3. The summed E-state index contributed by atoms with van der Waals surface area (Å²) in [4.78, 5) is 23.6. The quantitative estimate of drug-likeness (QED) is 0.0226. The van der Waals surface area contributed by atoms with Gasteiger partial charge in [-0.05, 0) is 253 Å². The second-order valence-electron chi connectivity index (χ2n) is 25.8. The lowest BCUT2D eigenvalue weighted by Gasteiger charge is -2.39. The molecule has 2 aliphatic heterocycles. The number of alkyl halides is 7. The first kappa shape index (κ1) is 94.4. The van der Waals surface area contributed by atoms with E-state index in [9.17, 15) is 46.1 Å². The third-order valence-corrected chi connectivity index (χ3v) is 19.5. The number of likely N-dealkylation sites (tertiary alicyclic amines) is 1. The van der Waals surface area contributed by atoms with Crippen molar-refractivity contribution in [2.45, 2.75) is 132 Å². The number of ether oxygens (including phenoxy) is 9. The molecule has 2 saturated heterocycles. The van der Waals surface area contributed by atoms with Crippen molar-refractivity contribution >= 4 is 47.4 Å². The highest BCUT2D eigenvalue weighted by atomic mass is 35.5. The number of carbonyl (C=O) groups is 2. The minimum absolute atomic E-state index is 0.262. The van der Waals surface area contributed by atoms with E-state index >= 15 is 0 Å². The Hall–Kier alpha value is -6.83. The van der Waals surface area contributed by atoms with Gasteiger partial charge in [0.25, 0.3) is 0 Å². The van der Waals surface area contributed by atoms with Gasteiger partial charge in [-0.2, -0.15) is 26.3 Å². The van der Waals surface area contributed by atoms with Crippen LogP contribution < -0.4 is 24.3 Å². The third kappa shape index (κ3) is 30.9. The first-order chi connectivity index (χ1) is 50.7. The van der Waals surface area contributed by atoms with Crippen LogP contribution in [0.5, 0.6) is 23.0 Å². The van der Waals surface area contributed by atoms with Gasteiger partial charge in [-0.25, -0.2) is 0 Å². The number of aliphatic hydroxyl groups is 2. The third-order valence-electron chi connectivity index (χ3n) is 18.7. The number of aryl methyl sites for hydroxylation is 3. The molecule has 15 nitrogen and oxygen atoms in total. The fourth-order valence-corrected chi connectivity index (χ4v) is 11.6. The number of carbonyl (C=O) groups excluding carboxylic acids is 2. The van der Waals surface area contributed by atoms with E-state index in [1.807, 2.05) is 71.0 Å². The number of nitrogens with zero attached hydrogens (tertiary/aromatic N) is 1. The molecule has 0 amide bonds. The van der Waals surface area contributed by atoms with E-state index in [2.05, 4.69) is 80.8 Å². The van der Waals surface area contributed by atoms with E-state index in [0.717, 1.165) is 86.6 Å². The van der Waals surface area contributed by atoms with Crippen LogP contribution >= 0.6 is 34.8 Å². The van der Waals surface area contributed by atoms with E-state index in [-0.39, 0.29) is 21.2 Å². The maximum Gasteiger partial charge on any atom is 0.417 e. The van der Waals surface area contributed by atoms with Crippen molar-refractivity contribution in [2.75, 3.05) is 127 Å². The highest BCUT2D eigenvalue weighted by Gasteiger charge is 2.40. The van der Waals surface area contributed by atoms with E-state index in [0.29, 0.717) is 135 Å². The largest absolute Gasteiger partial charge is 0.491 e. The summed E-state index contributed by atoms with van der Waals surface area (Å²) in [7, 11) is 8.20. The van der Waals surface area contributed by atoms with Gasteiger partial charge < -0.3 is 58.2 Å². The maximum atomic E-state index is 13.2. The number of benzene rings is 7. The Bertz CT molecular complexity index is 3730. The van der Waals surface area contributed by atoms with Crippen LogP contribution in [0.1, 0.15) is 135 Å². The van der Waals surface area contributed by atoms with Crippen molar-refractivity contribution in [2.24, 2.45) is 0 Å². The van der Waals surface area contributed by atoms with Crippen molar-refractivity contribution in [1.29, 1.82) is 0 Å². The lowest BCUT2D eigenvalue weighted by atomic mass is 9.83. The average Bonchev–Trinajstić information content (AvgIpc) is 0.790. The average molecular weight is 1560 g/mol. The van der Waals surface area contributed by atoms with Crippen molar-refractivity contribution in [3.63, 3.8) is 0 Å². The van der Waals surface area contributed by atoms with Gasteiger partial charge in [-0.3, -0.25) is 14.5 Å². The Balaban J connectivity index is 0.000000344. The van der Waals surface area contributed by atoms with Gasteiger partial charge >= 0.3 is 12.4 Å². The molecule has 0 aromatic heterocycles. The van der Waals surface area contributed by atoms with Gasteiger partial charge in [0.2, 0.25) is 0 Å². The highest BCUT2D eigenvalue weighted by Crippen LogP contribution is 2.42. The van der Waals surface area contributed by atoms with Gasteiger partial charge in [0.05, 0.1) is 65.4 Å². The predicted octanol–water partition coefficient (Wildman–Crippen LogP) is 18.5. The van der Waals surface area contributed by atoms with Gasteiger partial charge in [0, 0.05) is 72.2 Å². The Morgan fingerprint density at radius 2 is 0.776 bits per heavy atom. The molecule has 2 fully saturated rings. The van der Waals surface area contributed by atoms with Crippen LogP contribution in [0.3, 0.4) is 0 Å². The first-order valence-electron chi connectivity index (χ1n) is 35.1. The lowest BCUT2D eigenvalue weighted by Crippen LogP contribution is -2.42. The van der Waals surface area contributed by atoms with Crippen molar-refractivity contribution in [3.05, 3.63) is 219 Å². The number of halogens is 9. The molecule has 0 atom stereocenters. The van der Waals surface area contributed by atoms with Crippen molar-refractivity contribution in [3.8, 4) is 23.0 Å². The van der Waals surface area contributed by atoms with Crippen LogP contribution in [-0.4, -0.2) is 155 Å². The fraction of sp³-hybridized carbons (Fsp3) is 0.470. The van der Waals surface area contributed by atoms with Crippen molar-refractivity contribution in [1.82, 2.24) is 10.2 Å². The van der Waals surface area contributed by atoms with E-state index < -0.39 is 34.7 Å². The standard InChI is InChI=1S/C24H29ClF3NO3.C12H13ClF3NO.2C12H16O3.C11H16O2.C9H12.C3H7ClO/c1-16-17(2)22(32-13-12-31-3)7-4-18(16)15-29-10-8-23(30,9-11-29)19-5-6-21(25)20(14-19)24(26,27)28;13-10-2-1-8(7-9(10)12(14,15)16)11(18)3-5-17-6-4-11;2*1-9-10(2)12(15-7-6-14-3)5-4-11(9)8-13;1-9-5-4-6-11(10(9)2)13-8-7-12-3;1-7-5-4-6-8(2)9(7)3;1-5-3-2-4/h4-7,14,30H,8-13,15H2,1-3H3;1-2,7,17-18H,3-6H2;2*4-5,8H,6-7H2,1-3H3;4-6H,7-8H2,1-3H3;4-6H,1-3H3;2-3H2,1H3. The topological polar surface area (TPSA) is 173 Å². The molecule has 2 heterocycles. The minimum atomic E-state index is -4.56. The zero-order valence-corrected chi connectivity index (χ0v) is 67.0. The molecule has 0 aliphatic carbocycles. The zero-order chi connectivity index (χ0) is 80.1. The normalized spacial score (nSPS) is 13.6. The number of rotatable bonds is 24. The second kappa shape index (κ2) is 48.0. The molecule has 0 spiro atoms. The molecule has 107 heavy (non-hydrogen) atoms. The molecular weight excluding hydrogens is 1450 g/mol. The Morgan fingerprint density at radius 1 is 0.430 bits per heavy atom. The number of methoxy groups -OCH3 is 5. The predicted molar refractivity (Wildman–Crippen MR) is 414 cm³/mol. The van der Waals surface area contributed by atoms with E-state index in [1.54, 1.807) is 47.7 Å². The molecule has 24 heteroatoms. The highest BCUT2D eigenvalue weighted by molar-refractivity contribution is 6.31. The van der Waals surface area contributed by atoms with Crippen LogP contribution in [0.15, 0.2) is 109 Å². The molecule has 2 aliphatic rings. The number of nitrogens with one attached hydrogen (secondary N) is 1. The maximum absolute atomic E-state index is 13.2. The smallest absolute Gasteiger partial charge is 0.417 e.